The third-order valence-electron chi connectivity index (χ3n) is 12.8. The molecule has 4 aliphatic carbocycles. The van der Waals surface area contributed by atoms with Crippen molar-refractivity contribution in [3.05, 3.63) is 0 Å². The van der Waals surface area contributed by atoms with Crippen LogP contribution in [0.2, 0.25) is 0 Å². The normalized spacial score (nSPS) is 43.6. The van der Waals surface area contributed by atoms with Crippen LogP contribution < -0.4 is 0 Å². The van der Waals surface area contributed by atoms with E-state index in [2.05, 4.69) is 29.4 Å². The van der Waals surface area contributed by atoms with Gasteiger partial charge in [0.15, 0.2) is 0 Å². The van der Waals surface area contributed by atoms with Gasteiger partial charge in [0, 0.05) is 36.3 Å². The van der Waals surface area contributed by atoms with Crippen molar-refractivity contribution in [3.8, 4) is 0 Å². The van der Waals surface area contributed by atoms with Crippen molar-refractivity contribution in [2.24, 2.45) is 0 Å². The number of hydrogen-bond acceptors (Lipinski definition) is 6. The Kier molecular flexibility index (Phi) is 7.29. The highest BCUT2D eigenvalue weighted by atomic mass is 15.7. The molecule has 0 N–H and O–H groups in total. The van der Waals surface area contributed by atoms with E-state index in [1.54, 1.807) is 0 Å². The molecule has 4 saturated heterocycles. The van der Waals surface area contributed by atoms with Gasteiger partial charge in [-0.2, -0.15) is 0 Å². The van der Waals surface area contributed by atoms with Crippen molar-refractivity contribution < 1.29 is 0 Å². The first-order valence-corrected chi connectivity index (χ1v) is 17.4. The van der Waals surface area contributed by atoms with Crippen LogP contribution in [0, 0.1) is 0 Å². The van der Waals surface area contributed by atoms with Crippen LogP contribution in [0.3, 0.4) is 0 Å². The van der Waals surface area contributed by atoms with Crippen molar-refractivity contribution in [2.75, 3.05) is 26.7 Å². The second-order valence-corrected chi connectivity index (χ2v) is 14.8. The van der Waals surface area contributed by atoms with Gasteiger partial charge in [0.05, 0.1) is 39.0 Å². The van der Waals surface area contributed by atoms with Gasteiger partial charge in [0.25, 0.3) is 0 Å². The number of fused-ring (bicyclic) bond motifs is 6. The summed E-state index contributed by atoms with van der Waals surface area (Å²) in [5, 5.41) is 0. The van der Waals surface area contributed by atoms with Crippen molar-refractivity contribution in [1.29, 1.82) is 0 Å². The second-order valence-electron chi connectivity index (χ2n) is 14.8. The topological polar surface area (TPSA) is 19.4 Å². The van der Waals surface area contributed by atoms with Gasteiger partial charge in [0.1, 0.15) is 0 Å². The third-order valence-corrected chi connectivity index (χ3v) is 12.8. The van der Waals surface area contributed by atoms with Crippen LogP contribution in [0.1, 0.15) is 128 Å². The predicted molar refractivity (Wildman–Crippen MR) is 153 cm³/mol. The standard InChI is InChI=1S/C32H56N6/c1-2-6-14-25(13-5-1)33-21-35-27-17-9-11-19-29(27)37-23-34(26-15-7-3-4-8-16-26)24-38-30-20-12-10-18-28(30)36(22-33)31(35)32(37)38/h25-32H,1-24H2/t27-,28-,29-,30-,31?,32?/m1/s1. The molecule has 214 valence electrons. The maximum Gasteiger partial charge on any atom is 0.0948 e. The molecule has 8 fully saturated rings. The Morgan fingerprint density at radius 1 is 0.289 bits per heavy atom. The summed E-state index contributed by atoms with van der Waals surface area (Å²) < 4.78 is 0. The first-order chi connectivity index (χ1) is 18.9. The largest absolute Gasteiger partial charge is 0.274 e. The minimum absolute atomic E-state index is 0.631. The lowest BCUT2D eigenvalue weighted by Crippen LogP contribution is -2.88. The molecule has 4 atom stereocenters. The quantitative estimate of drug-likeness (QED) is 0.447. The lowest BCUT2D eigenvalue weighted by molar-refractivity contribution is -0.303. The molecule has 0 spiro atoms. The van der Waals surface area contributed by atoms with Crippen LogP contribution >= 0.6 is 0 Å². The molecular formula is C32H56N6. The molecule has 0 bridgehead atoms. The Balaban J connectivity index is 1.15. The summed E-state index contributed by atoms with van der Waals surface area (Å²) in [5.74, 6) is 0. The van der Waals surface area contributed by atoms with Crippen LogP contribution in [0.25, 0.3) is 0 Å². The SMILES string of the molecule is C1CCCC(N2CN3C4C5N(CN(C6CCCCCC6)CN5[C@@H]5CCCC[C@H]5N4C2)[C@@H]2CCCC[C@H]23)CC1. The molecule has 0 aromatic heterocycles. The summed E-state index contributed by atoms with van der Waals surface area (Å²) in [6.45, 7) is 5.04. The average molecular weight is 525 g/mol. The lowest BCUT2D eigenvalue weighted by atomic mass is 9.79. The summed E-state index contributed by atoms with van der Waals surface area (Å²) in [6, 6.07) is 4.76. The number of rotatable bonds is 2. The molecule has 0 unspecified atom stereocenters. The summed E-state index contributed by atoms with van der Waals surface area (Å²) in [6.07, 6.45) is 30.4. The van der Waals surface area contributed by atoms with E-state index < -0.39 is 0 Å². The zero-order chi connectivity index (χ0) is 25.1. The first kappa shape index (κ1) is 25.5. The van der Waals surface area contributed by atoms with Crippen molar-refractivity contribution >= 4 is 0 Å². The fourth-order valence-corrected chi connectivity index (χ4v) is 11.0. The maximum atomic E-state index is 3.12. The lowest BCUT2D eigenvalue weighted by Gasteiger charge is -2.72. The molecule has 38 heavy (non-hydrogen) atoms. The number of piperazine rings is 2. The van der Waals surface area contributed by atoms with Gasteiger partial charge < -0.3 is 0 Å². The minimum Gasteiger partial charge on any atom is -0.274 e. The van der Waals surface area contributed by atoms with Gasteiger partial charge in [-0.3, -0.25) is 29.4 Å². The Hall–Kier alpha value is -0.240. The van der Waals surface area contributed by atoms with E-state index >= 15 is 0 Å². The highest BCUT2D eigenvalue weighted by Crippen LogP contribution is 2.48. The highest BCUT2D eigenvalue weighted by Gasteiger charge is 2.62. The Morgan fingerprint density at radius 2 is 0.553 bits per heavy atom. The highest BCUT2D eigenvalue weighted by molar-refractivity contribution is 5.12. The fraction of sp³-hybridized carbons (Fsp3) is 1.00. The fourth-order valence-electron chi connectivity index (χ4n) is 11.0. The zero-order valence-corrected chi connectivity index (χ0v) is 24.3. The number of hydrogen-bond donors (Lipinski definition) is 0. The monoisotopic (exact) mass is 524 g/mol. The van der Waals surface area contributed by atoms with Crippen molar-refractivity contribution in [1.82, 2.24) is 29.4 Å². The molecule has 0 amide bonds. The summed E-state index contributed by atoms with van der Waals surface area (Å²) in [7, 11) is 0. The summed E-state index contributed by atoms with van der Waals surface area (Å²) in [4.78, 5) is 18.5. The second kappa shape index (κ2) is 10.9. The van der Waals surface area contributed by atoms with Gasteiger partial charge in [-0.05, 0) is 51.4 Å². The predicted octanol–water partition coefficient (Wildman–Crippen LogP) is 5.40. The van der Waals surface area contributed by atoms with Gasteiger partial charge in [-0.15, -0.1) is 0 Å². The van der Waals surface area contributed by atoms with E-state index in [1.807, 2.05) is 0 Å². The van der Waals surface area contributed by atoms with Crippen LogP contribution in [-0.4, -0.2) is 105 Å². The van der Waals surface area contributed by atoms with Crippen LogP contribution in [0.4, 0.5) is 0 Å². The van der Waals surface area contributed by atoms with Crippen LogP contribution in [0.15, 0.2) is 0 Å². The molecule has 8 aliphatic rings. The van der Waals surface area contributed by atoms with E-state index in [9.17, 15) is 0 Å². The molecule has 0 aromatic carbocycles. The molecular weight excluding hydrogens is 468 g/mol. The Labute approximate surface area is 233 Å². The Morgan fingerprint density at radius 3 is 0.842 bits per heavy atom. The maximum absolute atomic E-state index is 3.12. The molecule has 0 aromatic rings. The molecule has 0 radical (unpaired) electrons. The number of nitrogens with zero attached hydrogens (tertiary/aromatic N) is 6. The van der Waals surface area contributed by atoms with Crippen LogP contribution in [0.5, 0.6) is 0 Å². The third kappa shape index (κ3) is 4.34. The van der Waals surface area contributed by atoms with E-state index in [-0.39, 0.29) is 0 Å². The zero-order valence-electron chi connectivity index (χ0n) is 24.3. The molecule has 4 aliphatic heterocycles. The molecule has 4 heterocycles. The first-order valence-electron chi connectivity index (χ1n) is 17.4. The Bertz CT molecular complexity index is 696. The van der Waals surface area contributed by atoms with Gasteiger partial charge in [-0.25, -0.2) is 0 Å². The van der Waals surface area contributed by atoms with Gasteiger partial charge in [-0.1, -0.05) is 77.0 Å². The van der Waals surface area contributed by atoms with Gasteiger partial charge in [0.2, 0.25) is 0 Å². The van der Waals surface area contributed by atoms with Crippen LogP contribution in [-0.2, 0) is 0 Å². The van der Waals surface area contributed by atoms with E-state index in [0.717, 1.165) is 36.3 Å². The van der Waals surface area contributed by atoms with Gasteiger partial charge >= 0.3 is 0 Å². The molecule has 6 nitrogen and oxygen atoms in total. The smallest absolute Gasteiger partial charge is 0.0948 e. The molecule has 4 saturated carbocycles. The minimum atomic E-state index is 0.631. The average Bonchev–Trinajstić information content (AvgIpc) is 3.42. The molecule has 8 rings (SSSR count). The molecule has 6 heteroatoms. The van der Waals surface area contributed by atoms with E-state index in [0.29, 0.717) is 12.3 Å². The summed E-state index contributed by atoms with van der Waals surface area (Å²) >= 11 is 0. The van der Waals surface area contributed by atoms with Crippen molar-refractivity contribution in [3.63, 3.8) is 0 Å². The van der Waals surface area contributed by atoms with Crippen molar-refractivity contribution in [2.45, 2.75) is 177 Å². The van der Waals surface area contributed by atoms with E-state index in [1.165, 1.54) is 155 Å². The summed E-state index contributed by atoms with van der Waals surface area (Å²) in [5.41, 5.74) is 0. The van der Waals surface area contributed by atoms with E-state index in [4.69, 9.17) is 0 Å².